The van der Waals surface area contributed by atoms with E-state index in [1.54, 1.807) is 0 Å². The second-order valence-corrected chi connectivity index (χ2v) is 4.05. The lowest BCUT2D eigenvalue weighted by Gasteiger charge is -1.95. The van der Waals surface area contributed by atoms with Gasteiger partial charge in [0.15, 0.2) is 4.86 Å². The third-order valence-electron chi connectivity index (χ3n) is 1.42. The van der Waals surface area contributed by atoms with Gasteiger partial charge in [0.1, 0.15) is 0 Å². The summed E-state index contributed by atoms with van der Waals surface area (Å²) in [6.07, 6.45) is 1.28. The Hall–Kier alpha value is -1.51. The van der Waals surface area contributed by atoms with E-state index in [1.165, 1.54) is 24.4 Å². The lowest BCUT2D eigenvalue weighted by Crippen LogP contribution is -2.18. The molecule has 0 radical (unpaired) electrons. The average Bonchev–Trinajstić information content (AvgIpc) is 2.18. The van der Waals surface area contributed by atoms with Gasteiger partial charge in [-0.15, -0.1) is 0 Å². The highest BCUT2D eigenvalue weighted by molar-refractivity contribution is 7.82. The summed E-state index contributed by atoms with van der Waals surface area (Å²) in [5.74, 6) is 0. The number of hydrogen-bond acceptors (Lipinski definition) is 5. The zero-order valence-electron chi connectivity index (χ0n) is 7.15. The van der Waals surface area contributed by atoms with Crippen LogP contribution in [0, 0.1) is 0 Å². The van der Waals surface area contributed by atoms with Crippen molar-refractivity contribution in [3.8, 4) is 0 Å². The number of aromatic nitrogens is 1. The van der Waals surface area contributed by atoms with Gasteiger partial charge in [0.05, 0.1) is 5.69 Å². The minimum atomic E-state index is -3.01. The molecule has 15 heavy (non-hydrogen) atoms. The molecule has 1 heterocycles. The number of aliphatic hydroxyl groups excluding tert-OH is 1. The molecule has 0 bridgehead atoms. The lowest BCUT2D eigenvalue weighted by atomic mass is 10.3. The number of hydrogen-bond donors (Lipinski definition) is 1. The number of aliphatic hydroxyl groups is 1. The summed E-state index contributed by atoms with van der Waals surface area (Å²) in [6, 6.07) is 4.27. The lowest BCUT2D eigenvalue weighted by molar-refractivity contribution is 0.568. The van der Waals surface area contributed by atoms with Crippen molar-refractivity contribution in [3.63, 3.8) is 0 Å². The normalized spacial score (nSPS) is 9.40. The van der Waals surface area contributed by atoms with Gasteiger partial charge in [-0.25, -0.2) is 0 Å². The van der Waals surface area contributed by atoms with Crippen LogP contribution < -0.4 is 0 Å². The van der Waals surface area contributed by atoms with Crippen molar-refractivity contribution in [3.05, 3.63) is 30.1 Å². The molecule has 0 aliphatic carbocycles. The van der Waals surface area contributed by atoms with Crippen LogP contribution in [0.5, 0.6) is 0 Å². The molecule has 1 rings (SSSR count). The molecule has 80 valence electrons. The van der Waals surface area contributed by atoms with Gasteiger partial charge in [-0.05, 0) is 12.1 Å². The Morgan fingerprint density at radius 2 is 1.80 bits per heavy atom. The first-order chi connectivity index (χ1) is 7.04. The first-order valence-corrected chi connectivity index (χ1v) is 5.72. The molecule has 0 fully saturated rings. The van der Waals surface area contributed by atoms with Crippen molar-refractivity contribution in [1.82, 2.24) is 4.98 Å². The highest BCUT2D eigenvalue weighted by Crippen LogP contribution is 1.96. The Bertz CT molecular complexity index is 611. The van der Waals surface area contributed by atoms with Crippen molar-refractivity contribution in [2.24, 2.45) is 0 Å². The molecule has 1 N–H and O–H groups in total. The Morgan fingerprint density at radius 1 is 1.13 bits per heavy atom. The molecule has 8 heteroatoms. The number of pyridine rings is 1. The fraction of sp³-hybridized carbons (Fsp3) is 0. The summed E-state index contributed by atoms with van der Waals surface area (Å²) in [5.41, 5.74) is -0.132. The van der Waals surface area contributed by atoms with Crippen LogP contribution in [0.25, 0.3) is 0 Å². The van der Waals surface area contributed by atoms with Gasteiger partial charge in [0.25, 0.3) is 0 Å². The minimum absolute atomic E-state index is 0.132. The summed E-state index contributed by atoms with van der Waals surface area (Å²) in [4.78, 5) is 2.87. The van der Waals surface area contributed by atoms with E-state index in [2.05, 4.69) is 4.98 Å². The zero-order valence-corrected chi connectivity index (χ0v) is 8.79. The van der Waals surface area contributed by atoms with E-state index in [-0.39, 0.29) is 5.69 Å². The van der Waals surface area contributed by atoms with E-state index in [1.807, 2.05) is 0 Å². The largest absolute Gasteiger partial charge is 0.346 e. The van der Waals surface area contributed by atoms with Crippen LogP contribution in [-0.2, 0) is 20.6 Å². The molecule has 0 saturated carbocycles. The Morgan fingerprint density at radius 3 is 2.20 bits per heavy atom. The first kappa shape index (κ1) is 11.6. The molecule has 6 nitrogen and oxygen atoms in total. The van der Waals surface area contributed by atoms with Crippen molar-refractivity contribution in [1.29, 1.82) is 0 Å². The molecule has 0 atom stereocenters. The summed E-state index contributed by atoms with van der Waals surface area (Å²) in [5, 5.41) is 7.80. The quantitative estimate of drug-likeness (QED) is 0.534. The molecule has 0 unspecified atom stereocenters. The van der Waals surface area contributed by atoms with E-state index in [9.17, 15) is 16.8 Å². The first-order valence-electron chi connectivity index (χ1n) is 3.57. The molecular weight excluding hydrogens is 242 g/mol. The van der Waals surface area contributed by atoms with Crippen molar-refractivity contribution < 1.29 is 21.9 Å². The maximum Gasteiger partial charge on any atom is 0.246 e. The molecule has 0 aliphatic heterocycles. The Labute approximate surface area is 87.9 Å². The predicted molar refractivity (Wildman–Crippen MR) is 53.8 cm³/mol. The highest BCUT2D eigenvalue weighted by atomic mass is 32.2. The van der Waals surface area contributed by atoms with E-state index in [0.717, 1.165) is 0 Å². The van der Waals surface area contributed by atoms with Crippen LogP contribution >= 0.6 is 0 Å². The van der Waals surface area contributed by atoms with E-state index in [4.69, 9.17) is 5.11 Å². The monoisotopic (exact) mass is 247 g/mol. The second kappa shape index (κ2) is 4.82. The van der Waals surface area contributed by atoms with Crippen LogP contribution in [0.15, 0.2) is 24.4 Å². The van der Waals surface area contributed by atoms with Gasteiger partial charge in [-0.3, -0.25) is 4.98 Å². The van der Waals surface area contributed by atoms with Gasteiger partial charge in [-0.1, -0.05) is 6.07 Å². The molecule has 0 amide bonds. The maximum absolute atomic E-state index is 10.7. The van der Waals surface area contributed by atoms with Crippen molar-refractivity contribution in [2.45, 2.75) is 0 Å². The SMILES string of the molecule is O=S(=O)=C(O)C(c1ccccn1)=S(=O)=O. The summed E-state index contributed by atoms with van der Waals surface area (Å²) < 4.78 is 42.2. The fourth-order valence-corrected chi connectivity index (χ4v) is 1.94. The van der Waals surface area contributed by atoms with E-state index < -0.39 is 30.5 Å². The Kier molecular flexibility index (Phi) is 3.72. The van der Waals surface area contributed by atoms with Crippen LogP contribution in [0.1, 0.15) is 5.69 Å². The molecule has 0 spiro atoms. The van der Waals surface area contributed by atoms with Gasteiger partial charge in [0.2, 0.25) is 25.6 Å². The van der Waals surface area contributed by atoms with Crippen LogP contribution in [0.2, 0.25) is 0 Å². The van der Waals surface area contributed by atoms with Gasteiger partial charge >= 0.3 is 0 Å². The molecule has 1 aromatic rings. The number of rotatable bonds is 2. The molecule has 0 aromatic carbocycles. The molecule has 1 aromatic heterocycles. The average molecular weight is 247 g/mol. The van der Waals surface area contributed by atoms with E-state index in [0.29, 0.717) is 0 Å². The van der Waals surface area contributed by atoms with Gasteiger partial charge in [0, 0.05) is 6.20 Å². The smallest absolute Gasteiger partial charge is 0.246 e. The standard InChI is InChI=1S/C7H5NO5S2/c9-7(15(12)13)6(14(10)11)5-3-1-2-4-8-5/h1-4,9H. The predicted octanol–water partition coefficient (Wildman–Crippen LogP) is -0.952. The summed E-state index contributed by atoms with van der Waals surface area (Å²) in [6.45, 7) is 0. The zero-order chi connectivity index (χ0) is 11.4. The third-order valence-corrected chi connectivity index (χ3v) is 2.80. The summed E-state index contributed by atoms with van der Waals surface area (Å²) >= 11 is 0. The van der Waals surface area contributed by atoms with Gasteiger partial charge < -0.3 is 5.11 Å². The van der Waals surface area contributed by atoms with Crippen molar-refractivity contribution >= 4 is 30.5 Å². The second-order valence-electron chi connectivity index (χ2n) is 2.32. The van der Waals surface area contributed by atoms with E-state index >= 15 is 0 Å². The van der Waals surface area contributed by atoms with Crippen molar-refractivity contribution in [2.75, 3.05) is 0 Å². The summed E-state index contributed by atoms with van der Waals surface area (Å²) in [7, 11) is -5.89. The topological polar surface area (TPSA) is 101 Å². The fourth-order valence-electron chi connectivity index (χ4n) is 0.839. The maximum atomic E-state index is 10.7. The third kappa shape index (κ3) is 2.72. The highest BCUT2D eigenvalue weighted by Gasteiger charge is 2.14. The van der Waals surface area contributed by atoms with Crippen LogP contribution in [0.4, 0.5) is 0 Å². The van der Waals surface area contributed by atoms with Crippen LogP contribution in [0.3, 0.4) is 0 Å². The van der Waals surface area contributed by atoms with Crippen LogP contribution in [-0.4, -0.2) is 36.8 Å². The molecule has 0 aliphatic rings. The molecular formula is C7H5NO5S2. The molecule has 0 saturated heterocycles. The Balaban J connectivity index is 3.60. The number of nitrogens with zero attached hydrogens (tertiary/aromatic N) is 1. The van der Waals surface area contributed by atoms with Gasteiger partial charge in [-0.2, -0.15) is 16.8 Å². The minimum Gasteiger partial charge on any atom is -0.346 e.